The van der Waals surface area contributed by atoms with Crippen LogP contribution in [0.5, 0.6) is 11.5 Å². The summed E-state index contributed by atoms with van der Waals surface area (Å²) in [6, 6.07) is 12.4. The monoisotopic (exact) mass is 694 g/mol. The Balaban J connectivity index is 1.07. The van der Waals surface area contributed by atoms with Crippen molar-refractivity contribution < 1.29 is 27.9 Å². The van der Waals surface area contributed by atoms with Crippen molar-refractivity contribution in [1.29, 1.82) is 0 Å². The number of carbonyl (C=O) groups excluding carboxylic acids is 2. The van der Waals surface area contributed by atoms with Crippen LogP contribution in [0.4, 0.5) is 10.1 Å². The Labute approximate surface area is 292 Å². The van der Waals surface area contributed by atoms with Crippen molar-refractivity contribution in [3.63, 3.8) is 0 Å². The standard InChI is InChI=1S/C38H39FN6O6/c39-28-17-26-34-37(35(28)44-11-7-23(21-44)41-33(46)20-40-8-12-42-9-3-4-10-42)51-32-18-25-24-5-1-2-6-30(24)50-31(25)19-29(32)45(34)22-27(36(26)47)38(48)43-13-15-49-16-14-43/h1-2,5-6,17-19,22-23,40H,3-4,7-16,20-21H2,(H,41,46)/t23-/m1/s1. The third kappa shape index (κ3) is 5.69. The Morgan fingerprint density at radius 2 is 1.76 bits per heavy atom. The van der Waals surface area contributed by atoms with Crippen LogP contribution in [-0.4, -0.2) is 104 Å². The Hall–Kier alpha value is -4.98. The number of anilines is 1. The molecule has 13 heteroatoms. The number of ether oxygens (including phenoxy) is 2. The van der Waals surface area contributed by atoms with Gasteiger partial charge in [0.15, 0.2) is 17.3 Å². The first-order valence-corrected chi connectivity index (χ1v) is 17.8. The Morgan fingerprint density at radius 1 is 0.941 bits per heavy atom. The molecule has 0 spiro atoms. The van der Waals surface area contributed by atoms with Gasteiger partial charge >= 0.3 is 0 Å². The molecule has 3 saturated heterocycles. The van der Waals surface area contributed by atoms with E-state index in [-0.39, 0.29) is 40.9 Å². The van der Waals surface area contributed by atoms with E-state index in [0.717, 1.165) is 37.0 Å². The number of nitrogens with zero attached hydrogens (tertiary/aromatic N) is 4. The summed E-state index contributed by atoms with van der Waals surface area (Å²) in [6.07, 6.45) is 4.63. The van der Waals surface area contributed by atoms with E-state index in [1.54, 1.807) is 15.7 Å². The number of hydrogen-bond acceptors (Lipinski definition) is 9. The largest absolute Gasteiger partial charge is 0.456 e. The zero-order valence-corrected chi connectivity index (χ0v) is 28.2. The van der Waals surface area contributed by atoms with Gasteiger partial charge < -0.3 is 43.8 Å². The molecule has 3 aromatic carbocycles. The molecule has 2 amide bonds. The minimum atomic E-state index is -0.633. The highest BCUT2D eigenvalue weighted by molar-refractivity contribution is 6.07. The molecule has 4 aliphatic rings. The number of aromatic nitrogens is 1. The predicted octanol–water partition coefficient (Wildman–Crippen LogP) is 3.99. The highest BCUT2D eigenvalue weighted by Crippen LogP contribution is 2.49. The number of nitrogens with one attached hydrogen (secondary N) is 2. The van der Waals surface area contributed by atoms with Gasteiger partial charge in [-0.1, -0.05) is 18.2 Å². The summed E-state index contributed by atoms with van der Waals surface area (Å²) >= 11 is 0. The van der Waals surface area contributed by atoms with Gasteiger partial charge in [0.2, 0.25) is 11.3 Å². The molecular formula is C38H39FN6O6. The number of hydrogen-bond donors (Lipinski definition) is 2. The van der Waals surface area contributed by atoms with Gasteiger partial charge in [-0.15, -0.1) is 0 Å². The molecule has 2 aromatic heterocycles. The highest BCUT2D eigenvalue weighted by atomic mass is 19.1. The van der Waals surface area contributed by atoms with Crippen molar-refractivity contribution in [2.75, 3.05) is 77.0 Å². The first kappa shape index (κ1) is 32.0. The molecule has 0 bridgehead atoms. The van der Waals surface area contributed by atoms with Crippen LogP contribution in [0.25, 0.3) is 38.5 Å². The Morgan fingerprint density at radius 3 is 2.61 bits per heavy atom. The lowest BCUT2D eigenvalue weighted by Gasteiger charge is -2.30. The number of para-hydroxylation sites is 1. The lowest BCUT2D eigenvalue weighted by atomic mass is 10.0. The molecule has 6 heterocycles. The Kier molecular flexibility index (Phi) is 8.13. The lowest BCUT2D eigenvalue weighted by Crippen LogP contribution is -2.43. The zero-order valence-electron chi connectivity index (χ0n) is 28.2. The second-order valence-electron chi connectivity index (χ2n) is 13.8. The summed E-state index contributed by atoms with van der Waals surface area (Å²) in [5, 5.41) is 8.11. The van der Waals surface area contributed by atoms with E-state index in [9.17, 15) is 14.4 Å². The fourth-order valence-corrected chi connectivity index (χ4v) is 8.01. The molecule has 3 fully saturated rings. The molecule has 4 aliphatic heterocycles. The second kappa shape index (κ2) is 13.0. The van der Waals surface area contributed by atoms with Crippen LogP contribution in [0.15, 0.2) is 57.9 Å². The van der Waals surface area contributed by atoms with Crippen molar-refractivity contribution in [1.82, 2.24) is 25.0 Å². The van der Waals surface area contributed by atoms with Gasteiger partial charge in [0.1, 0.15) is 27.9 Å². The third-order valence-corrected chi connectivity index (χ3v) is 10.6. The molecule has 12 nitrogen and oxygen atoms in total. The maximum atomic E-state index is 16.5. The van der Waals surface area contributed by atoms with Crippen LogP contribution in [0.3, 0.4) is 0 Å². The lowest BCUT2D eigenvalue weighted by molar-refractivity contribution is -0.120. The number of carbonyl (C=O) groups is 2. The van der Waals surface area contributed by atoms with E-state index in [1.165, 1.54) is 18.9 Å². The summed E-state index contributed by atoms with van der Waals surface area (Å²) in [6.45, 7) is 6.43. The molecule has 2 N–H and O–H groups in total. The summed E-state index contributed by atoms with van der Waals surface area (Å²) in [4.78, 5) is 46.5. The predicted molar refractivity (Wildman–Crippen MR) is 191 cm³/mol. The highest BCUT2D eigenvalue weighted by Gasteiger charge is 2.35. The molecule has 1 atom stereocenters. The number of morpholine rings is 1. The van der Waals surface area contributed by atoms with Gasteiger partial charge in [-0.3, -0.25) is 14.4 Å². The van der Waals surface area contributed by atoms with Crippen LogP contribution in [0.2, 0.25) is 0 Å². The quantitative estimate of drug-likeness (QED) is 0.228. The molecule has 264 valence electrons. The van der Waals surface area contributed by atoms with Crippen LogP contribution < -0.4 is 25.7 Å². The minimum absolute atomic E-state index is 0.0461. The number of pyridine rings is 1. The molecule has 0 saturated carbocycles. The third-order valence-electron chi connectivity index (χ3n) is 10.6. The SMILES string of the molecule is O=C(CNCCN1CCCC1)N[C@@H]1CCN(c2c(F)cc3c(=O)c(C(=O)N4CCOCC4)cn4c3c2Oc2cc3c(cc2-4)oc2ccccc23)C1. The summed E-state index contributed by atoms with van der Waals surface area (Å²) in [5.41, 5.74) is 1.85. The number of rotatable bonds is 8. The van der Waals surface area contributed by atoms with Gasteiger partial charge in [0, 0.05) is 68.3 Å². The molecule has 51 heavy (non-hydrogen) atoms. The molecule has 9 rings (SSSR count). The van der Waals surface area contributed by atoms with Crippen molar-refractivity contribution in [3.05, 3.63) is 70.3 Å². The molecule has 0 radical (unpaired) electrons. The minimum Gasteiger partial charge on any atom is -0.456 e. The number of amides is 2. The number of benzene rings is 3. The number of halogens is 1. The molecule has 5 aromatic rings. The van der Waals surface area contributed by atoms with Crippen molar-refractivity contribution >= 4 is 50.3 Å². The van der Waals surface area contributed by atoms with Gasteiger partial charge in [0.05, 0.1) is 30.8 Å². The second-order valence-corrected chi connectivity index (χ2v) is 13.8. The van der Waals surface area contributed by atoms with Crippen molar-refractivity contribution in [2.24, 2.45) is 0 Å². The van der Waals surface area contributed by atoms with Gasteiger partial charge in [0.25, 0.3) is 5.91 Å². The van der Waals surface area contributed by atoms with E-state index in [1.807, 2.05) is 41.3 Å². The fourth-order valence-electron chi connectivity index (χ4n) is 8.01. The summed E-state index contributed by atoms with van der Waals surface area (Å²) < 4.78 is 36.4. The van der Waals surface area contributed by atoms with Crippen LogP contribution >= 0.6 is 0 Å². The normalized spacial score (nSPS) is 18.9. The molecule has 0 unspecified atom stereocenters. The Bertz CT molecular complexity index is 2260. The molecule has 0 aliphatic carbocycles. The zero-order chi connectivity index (χ0) is 34.6. The average Bonchev–Trinajstić information content (AvgIpc) is 3.91. The average molecular weight is 695 g/mol. The summed E-state index contributed by atoms with van der Waals surface area (Å²) in [7, 11) is 0. The maximum absolute atomic E-state index is 16.5. The first-order chi connectivity index (χ1) is 24.9. The number of fused-ring (bicyclic) bond motifs is 5. The van der Waals surface area contributed by atoms with E-state index in [0.29, 0.717) is 73.9 Å². The topological polar surface area (TPSA) is 122 Å². The van der Waals surface area contributed by atoms with Gasteiger partial charge in [-0.05, 0) is 50.6 Å². The van der Waals surface area contributed by atoms with E-state index >= 15 is 4.39 Å². The van der Waals surface area contributed by atoms with Gasteiger partial charge in [-0.2, -0.15) is 0 Å². The van der Waals surface area contributed by atoms with Crippen LogP contribution in [-0.2, 0) is 9.53 Å². The smallest absolute Gasteiger partial charge is 0.259 e. The van der Waals surface area contributed by atoms with Crippen molar-refractivity contribution in [3.8, 4) is 17.2 Å². The van der Waals surface area contributed by atoms with E-state index in [2.05, 4.69) is 15.5 Å². The number of likely N-dealkylation sites (tertiary alicyclic amines) is 1. The summed E-state index contributed by atoms with van der Waals surface area (Å²) in [5.74, 6) is -0.529. The first-order valence-electron chi connectivity index (χ1n) is 17.8. The van der Waals surface area contributed by atoms with Crippen LogP contribution in [0.1, 0.15) is 29.6 Å². The maximum Gasteiger partial charge on any atom is 0.259 e. The van der Waals surface area contributed by atoms with E-state index in [4.69, 9.17) is 13.9 Å². The fraction of sp³-hybridized carbons (Fsp3) is 0.395. The van der Waals surface area contributed by atoms with Gasteiger partial charge in [-0.25, -0.2) is 4.39 Å². The molecular weight excluding hydrogens is 655 g/mol. The van der Waals surface area contributed by atoms with Crippen molar-refractivity contribution in [2.45, 2.75) is 25.3 Å². The number of furan rings is 1. The van der Waals surface area contributed by atoms with E-state index < -0.39 is 17.2 Å². The van der Waals surface area contributed by atoms with Crippen LogP contribution in [0, 0.1) is 5.82 Å².